The molecule has 9 N–H and O–H groups in total. The lowest BCUT2D eigenvalue weighted by Gasteiger charge is -2.26. The number of carboxylic acid groups (broad SMARTS) is 1. The summed E-state index contributed by atoms with van der Waals surface area (Å²) in [5.41, 5.74) is 12.0. The summed E-state index contributed by atoms with van der Waals surface area (Å²) < 4.78 is 0. The summed E-state index contributed by atoms with van der Waals surface area (Å²) in [5.74, 6) is -3.65. The molecule has 1 rings (SSSR count). The number of aliphatic hydroxyl groups is 1. The second kappa shape index (κ2) is 15.0. The topological polar surface area (TPSA) is 197 Å². The first-order valence-corrected chi connectivity index (χ1v) is 11.3. The van der Waals surface area contributed by atoms with E-state index in [0.717, 1.165) is 6.42 Å². The zero-order chi connectivity index (χ0) is 25.7. The van der Waals surface area contributed by atoms with Crippen LogP contribution in [-0.4, -0.2) is 71.2 Å². The Morgan fingerprint density at radius 3 is 2.06 bits per heavy atom. The molecule has 0 aliphatic carbocycles. The molecule has 1 aromatic carbocycles. The summed E-state index contributed by atoms with van der Waals surface area (Å²) in [7, 11) is 0. The van der Waals surface area contributed by atoms with E-state index >= 15 is 0 Å². The fraction of sp³-hybridized carbons (Fsp3) is 0.565. The number of unbranched alkanes of at least 4 members (excludes halogenated alkanes) is 1. The molecule has 1 aromatic rings. The van der Waals surface area contributed by atoms with E-state index in [1.54, 1.807) is 44.2 Å². The van der Waals surface area contributed by atoms with Crippen LogP contribution >= 0.6 is 0 Å². The number of hydrogen-bond donors (Lipinski definition) is 7. The Hall–Kier alpha value is -3.02. The molecule has 0 aliphatic heterocycles. The Balaban J connectivity index is 2.78. The molecular formula is C23H37N5O6. The van der Waals surface area contributed by atoms with E-state index in [0.29, 0.717) is 24.9 Å². The van der Waals surface area contributed by atoms with Gasteiger partial charge in [0.1, 0.15) is 18.1 Å². The predicted octanol–water partition coefficient (Wildman–Crippen LogP) is -1.13. The predicted molar refractivity (Wildman–Crippen MR) is 126 cm³/mol. The normalized spacial score (nSPS) is 14.5. The van der Waals surface area contributed by atoms with Crippen LogP contribution in [-0.2, 0) is 25.6 Å². The van der Waals surface area contributed by atoms with E-state index < -0.39 is 54.5 Å². The second-order valence-corrected chi connectivity index (χ2v) is 8.45. The molecule has 0 saturated carbocycles. The van der Waals surface area contributed by atoms with E-state index in [4.69, 9.17) is 11.5 Å². The summed E-state index contributed by atoms with van der Waals surface area (Å²) in [4.78, 5) is 49.4. The van der Waals surface area contributed by atoms with Crippen molar-refractivity contribution < 1.29 is 29.4 Å². The van der Waals surface area contributed by atoms with Crippen LogP contribution in [0.25, 0.3) is 0 Å². The standard InChI is InChI=1S/C23H37N5O6/c1-14(2)19(28-20(30)16(25)10-6-7-11-24)22(32)27-18(13-29)21(31)26-17(23(33)34)12-15-8-4-3-5-9-15/h3-5,8-9,14,16-19,29H,6-7,10-13,24-25H2,1-2H3,(H,26,31)(H,27,32)(H,28,30)(H,33,34). The molecule has 0 radical (unpaired) electrons. The van der Waals surface area contributed by atoms with Crippen LogP contribution in [0.2, 0.25) is 0 Å². The van der Waals surface area contributed by atoms with Crippen molar-refractivity contribution in [3.63, 3.8) is 0 Å². The summed E-state index contributed by atoms with van der Waals surface area (Å²) in [6, 6.07) is 4.25. The van der Waals surface area contributed by atoms with Crippen molar-refractivity contribution in [1.82, 2.24) is 16.0 Å². The van der Waals surface area contributed by atoms with Crippen LogP contribution in [0, 0.1) is 5.92 Å². The zero-order valence-corrected chi connectivity index (χ0v) is 19.7. The number of carbonyl (C=O) groups is 4. The number of aliphatic hydroxyl groups excluding tert-OH is 1. The molecule has 0 bridgehead atoms. The third-order valence-corrected chi connectivity index (χ3v) is 5.27. The quantitative estimate of drug-likeness (QED) is 0.153. The highest BCUT2D eigenvalue weighted by Crippen LogP contribution is 2.07. The molecule has 11 heteroatoms. The highest BCUT2D eigenvalue weighted by Gasteiger charge is 2.31. The van der Waals surface area contributed by atoms with Gasteiger partial charge in [-0.3, -0.25) is 14.4 Å². The van der Waals surface area contributed by atoms with Gasteiger partial charge in [-0.05, 0) is 30.9 Å². The molecule has 0 spiro atoms. The number of hydrogen-bond acceptors (Lipinski definition) is 7. The van der Waals surface area contributed by atoms with Gasteiger partial charge in [-0.15, -0.1) is 0 Å². The summed E-state index contributed by atoms with van der Waals surface area (Å²) in [6.45, 7) is 3.15. The maximum Gasteiger partial charge on any atom is 0.326 e. The number of nitrogens with one attached hydrogen (secondary N) is 3. The average molecular weight is 480 g/mol. The van der Waals surface area contributed by atoms with E-state index in [2.05, 4.69) is 16.0 Å². The Morgan fingerprint density at radius 2 is 1.53 bits per heavy atom. The number of amides is 3. The van der Waals surface area contributed by atoms with Gasteiger partial charge in [-0.25, -0.2) is 4.79 Å². The van der Waals surface area contributed by atoms with E-state index in [9.17, 15) is 29.4 Å². The van der Waals surface area contributed by atoms with Gasteiger partial charge in [0.05, 0.1) is 12.6 Å². The zero-order valence-electron chi connectivity index (χ0n) is 19.7. The highest BCUT2D eigenvalue weighted by atomic mass is 16.4. The number of carbonyl (C=O) groups excluding carboxylic acids is 3. The van der Waals surface area contributed by atoms with Crippen LogP contribution < -0.4 is 27.4 Å². The van der Waals surface area contributed by atoms with Crippen LogP contribution in [0.5, 0.6) is 0 Å². The summed E-state index contributed by atoms with van der Waals surface area (Å²) in [5, 5.41) is 26.5. The Bertz CT molecular complexity index is 804. The van der Waals surface area contributed by atoms with Crippen molar-refractivity contribution in [3.8, 4) is 0 Å². The molecule has 0 fully saturated rings. The molecule has 0 aromatic heterocycles. The van der Waals surface area contributed by atoms with Crippen LogP contribution in [0.3, 0.4) is 0 Å². The molecule has 11 nitrogen and oxygen atoms in total. The van der Waals surface area contributed by atoms with Gasteiger partial charge >= 0.3 is 5.97 Å². The van der Waals surface area contributed by atoms with Crippen LogP contribution in [0.1, 0.15) is 38.7 Å². The smallest absolute Gasteiger partial charge is 0.326 e. The third kappa shape index (κ3) is 9.86. The fourth-order valence-corrected chi connectivity index (χ4v) is 3.21. The lowest BCUT2D eigenvalue weighted by molar-refractivity contribution is -0.142. The molecule has 4 unspecified atom stereocenters. The van der Waals surface area contributed by atoms with Gasteiger partial charge in [0.25, 0.3) is 0 Å². The first kappa shape index (κ1) is 29.0. The molecule has 190 valence electrons. The minimum absolute atomic E-state index is 0.0285. The molecule has 0 aliphatic rings. The van der Waals surface area contributed by atoms with Gasteiger partial charge in [-0.1, -0.05) is 50.6 Å². The van der Waals surface area contributed by atoms with Crippen LogP contribution in [0.15, 0.2) is 30.3 Å². The van der Waals surface area contributed by atoms with Crippen molar-refractivity contribution in [2.75, 3.05) is 13.2 Å². The van der Waals surface area contributed by atoms with Gasteiger partial charge < -0.3 is 37.6 Å². The van der Waals surface area contributed by atoms with Gasteiger partial charge in [-0.2, -0.15) is 0 Å². The molecule has 4 atom stereocenters. The monoisotopic (exact) mass is 479 g/mol. The Kier molecular flexibility index (Phi) is 12.8. The second-order valence-electron chi connectivity index (χ2n) is 8.45. The average Bonchev–Trinajstić information content (AvgIpc) is 2.80. The molecule has 34 heavy (non-hydrogen) atoms. The lowest BCUT2D eigenvalue weighted by Crippen LogP contribution is -2.59. The van der Waals surface area contributed by atoms with E-state index in [-0.39, 0.29) is 12.3 Å². The third-order valence-electron chi connectivity index (χ3n) is 5.27. The van der Waals surface area contributed by atoms with E-state index in [1.807, 2.05) is 0 Å². The summed E-state index contributed by atoms with van der Waals surface area (Å²) in [6.07, 6.45) is 1.84. The minimum Gasteiger partial charge on any atom is -0.480 e. The Labute approximate surface area is 199 Å². The van der Waals surface area contributed by atoms with Crippen molar-refractivity contribution in [1.29, 1.82) is 0 Å². The number of aliphatic carboxylic acids is 1. The summed E-state index contributed by atoms with van der Waals surface area (Å²) >= 11 is 0. The number of carboxylic acids is 1. The maximum absolute atomic E-state index is 12.8. The fourth-order valence-electron chi connectivity index (χ4n) is 3.21. The maximum atomic E-state index is 12.8. The first-order chi connectivity index (χ1) is 16.1. The van der Waals surface area contributed by atoms with Crippen molar-refractivity contribution in [3.05, 3.63) is 35.9 Å². The number of benzene rings is 1. The lowest BCUT2D eigenvalue weighted by atomic mass is 10.0. The molecular weight excluding hydrogens is 442 g/mol. The van der Waals surface area contributed by atoms with Crippen LogP contribution in [0.4, 0.5) is 0 Å². The first-order valence-electron chi connectivity index (χ1n) is 11.3. The Morgan fingerprint density at radius 1 is 0.912 bits per heavy atom. The van der Waals surface area contributed by atoms with Crippen molar-refractivity contribution in [2.24, 2.45) is 17.4 Å². The number of nitrogens with two attached hydrogens (primary N) is 2. The SMILES string of the molecule is CC(C)C(NC(=O)C(N)CCCCN)C(=O)NC(CO)C(=O)NC(Cc1ccccc1)C(=O)O. The molecule has 3 amide bonds. The highest BCUT2D eigenvalue weighted by molar-refractivity contribution is 5.94. The van der Waals surface area contributed by atoms with Crippen molar-refractivity contribution in [2.45, 2.75) is 63.7 Å². The largest absolute Gasteiger partial charge is 0.480 e. The molecule has 0 saturated heterocycles. The van der Waals surface area contributed by atoms with Gasteiger partial charge in [0, 0.05) is 6.42 Å². The van der Waals surface area contributed by atoms with Gasteiger partial charge in [0.2, 0.25) is 17.7 Å². The number of rotatable bonds is 15. The molecule has 0 heterocycles. The van der Waals surface area contributed by atoms with E-state index in [1.165, 1.54) is 0 Å². The van der Waals surface area contributed by atoms with Gasteiger partial charge in [0.15, 0.2) is 0 Å². The van der Waals surface area contributed by atoms with Crippen molar-refractivity contribution >= 4 is 23.7 Å². The minimum atomic E-state index is -1.40.